The molecule has 0 saturated carbocycles. The van der Waals surface area contributed by atoms with Gasteiger partial charge in [0.15, 0.2) is 11.5 Å². The van der Waals surface area contributed by atoms with Crippen LogP contribution in [0.15, 0.2) is 48.8 Å². The van der Waals surface area contributed by atoms with Crippen LogP contribution in [0.25, 0.3) is 22.5 Å². The summed E-state index contributed by atoms with van der Waals surface area (Å²) in [5.41, 5.74) is 3.33. The summed E-state index contributed by atoms with van der Waals surface area (Å²) in [7, 11) is 8.62. The van der Waals surface area contributed by atoms with Gasteiger partial charge in [-0.15, -0.1) is 0 Å². The van der Waals surface area contributed by atoms with Crippen LogP contribution in [-0.4, -0.2) is 69.3 Å². The van der Waals surface area contributed by atoms with Crippen LogP contribution in [0.2, 0.25) is 0 Å². The molecule has 3 rings (SSSR count). The highest BCUT2D eigenvalue weighted by Gasteiger charge is 2.18. The maximum Gasteiger partial charge on any atom is 0.251 e. The minimum absolute atomic E-state index is 0.126. The molecule has 1 amide bonds. The molecule has 0 fully saturated rings. The summed E-state index contributed by atoms with van der Waals surface area (Å²) in [6.07, 6.45) is 3.32. The molecular formula is C24H28N4O4. The van der Waals surface area contributed by atoms with E-state index in [0.717, 1.165) is 17.7 Å². The lowest BCUT2D eigenvalue weighted by Crippen LogP contribution is -2.31. The fourth-order valence-electron chi connectivity index (χ4n) is 3.25. The van der Waals surface area contributed by atoms with Crippen molar-refractivity contribution < 1.29 is 19.0 Å². The van der Waals surface area contributed by atoms with Crippen molar-refractivity contribution in [2.45, 2.75) is 0 Å². The van der Waals surface area contributed by atoms with Crippen molar-refractivity contribution in [2.75, 3.05) is 48.5 Å². The molecule has 0 atom stereocenters. The third kappa shape index (κ3) is 5.15. The highest BCUT2D eigenvalue weighted by molar-refractivity contribution is 5.95. The molecule has 0 bridgehead atoms. The third-order valence-corrected chi connectivity index (χ3v) is 4.88. The van der Waals surface area contributed by atoms with Crippen molar-refractivity contribution in [1.29, 1.82) is 0 Å². The molecule has 0 aliphatic rings. The van der Waals surface area contributed by atoms with Crippen LogP contribution in [0.5, 0.6) is 17.2 Å². The van der Waals surface area contributed by atoms with Crippen molar-refractivity contribution in [3.05, 3.63) is 54.4 Å². The molecule has 168 valence electrons. The highest BCUT2D eigenvalue weighted by Crippen LogP contribution is 2.43. The molecule has 0 aliphatic heterocycles. The molecule has 1 heterocycles. The lowest BCUT2D eigenvalue weighted by molar-refractivity contribution is 0.0951. The molecule has 32 heavy (non-hydrogen) atoms. The van der Waals surface area contributed by atoms with Gasteiger partial charge in [0.1, 0.15) is 0 Å². The van der Waals surface area contributed by atoms with Crippen LogP contribution in [-0.2, 0) is 0 Å². The molecule has 2 aromatic carbocycles. The summed E-state index contributed by atoms with van der Waals surface area (Å²) in [6, 6.07) is 11.0. The number of rotatable bonds is 9. The van der Waals surface area contributed by atoms with E-state index in [0.29, 0.717) is 40.7 Å². The second kappa shape index (κ2) is 10.6. The number of aromatic nitrogens is 2. The summed E-state index contributed by atoms with van der Waals surface area (Å²) >= 11 is 0. The van der Waals surface area contributed by atoms with E-state index in [-0.39, 0.29) is 5.91 Å². The zero-order valence-electron chi connectivity index (χ0n) is 19.0. The quantitative estimate of drug-likeness (QED) is 0.552. The summed E-state index contributed by atoms with van der Waals surface area (Å²) < 4.78 is 16.4. The Morgan fingerprint density at radius 2 is 1.72 bits per heavy atom. The molecular weight excluding hydrogens is 408 g/mol. The number of methoxy groups -OCH3 is 3. The topological polar surface area (TPSA) is 85.8 Å². The van der Waals surface area contributed by atoms with E-state index in [1.165, 1.54) is 0 Å². The van der Waals surface area contributed by atoms with Crippen molar-refractivity contribution in [3.8, 4) is 39.8 Å². The maximum absolute atomic E-state index is 12.5. The Morgan fingerprint density at radius 1 is 0.969 bits per heavy atom. The zero-order chi connectivity index (χ0) is 23.1. The van der Waals surface area contributed by atoms with Gasteiger partial charge in [-0.25, -0.2) is 4.98 Å². The molecule has 0 aliphatic carbocycles. The summed E-state index contributed by atoms with van der Waals surface area (Å²) in [6.45, 7) is 1.34. The second-order valence-electron chi connectivity index (χ2n) is 7.31. The van der Waals surface area contributed by atoms with Crippen LogP contribution in [0.4, 0.5) is 0 Å². The number of nitrogens with one attached hydrogen (secondary N) is 1. The van der Waals surface area contributed by atoms with Crippen molar-refractivity contribution >= 4 is 5.91 Å². The van der Waals surface area contributed by atoms with E-state index in [1.807, 2.05) is 43.3 Å². The van der Waals surface area contributed by atoms with Crippen LogP contribution in [0.1, 0.15) is 10.4 Å². The first kappa shape index (κ1) is 23.0. The van der Waals surface area contributed by atoms with Crippen LogP contribution in [0, 0.1) is 0 Å². The van der Waals surface area contributed by atoms with E-state index < -0.39 is 0 Å². The summed E-state index contributed by atoms with van der Waals surface area (Å²) in [5, 5.41) is 2.93. The summed E-state index contributed by atoms with van der Waals surface area (Å²) in [5.74, 6) is 1.42. The molecule has 8 heteroatoms. The molecule has 1 aromatic heterocycles. The number of hydrogen-bond acceptors (Lipinski definition) is 7. The zero-order valence-corrected chi connectivity index (χ0v) is 19.0. The van der Waals surface area contributed by atoms with E-state index in [4.69, 9.17) is 19.2 Å². The molecule has 3 aromatic rings. The fourth-order valence-corrected chi connectivity index (χ4v) is 3.25. The van der Waals surface area contributed by atoms with Gasteiger partial charge in [0.05, 0.1) is 45.1 Å². The van der Waals surface area contributed by atoms with E-state index in [1.54, 1.807) is 45.9 Å². The Balaban J connectivity index is 1.93. The van der Waals surface area contributed by atoms with Gasteiger partial charge in [-0.05, 0) is 38.4 Å². The first-order chi connectivity index (χ1) is 15.5. The second-order valence-corrected chi connectivity index (χ2v) is 7.31. The van der Waals surface area contributed by atoms with Gasteiger partial charge >= 0.3 is 0 Å². The Morgan fingerprint density at radius 3 is 2.41 bits per heavy atom. The minimum atomic E-state index is -0.126. The van der Waals surface area contributed by atoms with Gasteiger partial charge in [0.2, 0.25) is 5.75 Å². The number of nitrogens with zero attached hydrogens (tertiary/aromatic N) is 3. The highest BCUT2D eigenvalue weighted by atomic mass is 16.5. The van der Waals surface area contributed by atoms with E-state index in [9.17, 15) is 4.79 Å². The van der Waals surface area contributed by atoms with Crippen LogP contribution >= 0.6 is 0 Å². The molecule has 8 nitrogen and oxygen atoms in total. The normalized spacial score (nSPS) is 10.7. The standard InChI is InChI=1S/C24H28N4O4/c1-28(2)12-11-26-24(29)17-8-6-7-16(13-17)19-14-25-15-20(27-19)18-9-10-21(30-3)23(32-5)22(18)31-4/h6-10,13-15H,11-12H2,1-5H3,(H,26,29). The first-order valence-electron chi connectivity index (χ1n) is 10.1. The summed E-state index contributed by atoms with van der Waals surface area (Å²) in [4.78, 5) is 23.6. The van der Waals surface area contributed by atoms with E-state index in [2.05, 4.69) is 10.3 Å². The number of benzene rings is 2. The molecule has 0 saturated heterocycles. The van der Waals surface area contributed by atoms with Crippen LogP contribution in [0.3, 0.4) is 0 Å². The van der Waals surface area contributed by atoms with Gasteiger partial charge in [-0.1, -0.05) is 12.1 Å². The average Bonchev–Trinajstić information content (AvgIpc) is 2.82. The van der Waals surface area contributed by atoms with Crippen molar-refractivity contribution in [3.63, 3.8) is 0 Å². The van der Waals surface area contributed by atoms with Gasteiger partial charge < -0.3 is 24.4 Å². The monoisotopic (exact) mass is 436 g/mol. The SMILES string of the molecule is COc1ccc(-c2cncc(-c3cccc(C(=O)NCCN(C)C)c3)n2)c(OC)c1OC. The van der Waals surface area contributed by atoms with Crippen molar-refractivity contribution in [1.82, 2.24) is 20.2 Å². The van der Waals surface area contributed by atoms with Gasteiger partial charge in [0, 0.05) is 29.8 Å². The minimum Gasteiger partial charge on any atom is -0.493 e. The number of ether oxygens (including phenoxy) is 3. The van der Waals surface area contributed by atoms with Gasteiger partial charge in [0.25, 0.3) is 5.91 Å². The molecule has 0 spiro atoms. The Kier molecular flexibility index (Phi) is 7.62. The van der Waals surface area contributed by atoms with E-state index >= 15 is 0 Å². The number of likely N-dealkylation sites (N-methyl/N-ethyl adjacent to an activating group) is 1. The first-order valence-corrected chi connectivity index (χ1v) is 10.1. The molecule has 0 unspecified atom stereocenters. The Hall–Kier alpha value is -3.65. The van der Waals surface area contributed by atoms with Crippen LogP contribution < -0.4 is 19.5 Å². The number of carbonyl (C=O) groups is 1. The number of carbonyl (C=O) groups excluding carboxylic acids is 1. The number of amides is 1. The predicted molar refractivity (Wildman–Crippen MR) is 123 cm³/mol. The maximum atomic E-state index is 12.5. The Bertz CT molecular complexity index is 1090. The average molecular weight is 437 g/mol. The molecule has 1 N–H and O–H groups in total. The lowest BCUT2D eigenvalue weighted by Gasteiger charge is -2.15. The lowest BCUT2D eigenvalue weighted by atomic mass is 10.1. The van der Waals surface area contributed by atoms with Crippen molar-refractivity contribution in [2.24, 2.45) is 0 Å². The largest absolute Gasteiger partial charge is 0.493 e. The number of hydrogen-bond donors (Lipinski definition) is 1. The Labute approximate surface area is 188 Å². The predicted octanol–water partition coefficient (Wildman–Crippen LogP) is 3.13. The van der Waals surface area contributed by atoms with Gasteiger partial charge in [-0.3, -0.25) is 9.78 Å². The molecule has 0 radical (unpaired) electrons. The third-order valence-electron chi connectivity index (χ3n) is 4.88. The smallest absolute Gasteiger partial charge is 0.251 e. The fraction of sp³-hybridized carbons (Fsp3) is 0.292. The van der Waals surface area contributed by atoms with Gasteiger partial charge in [-0.2, -0.15) is 0 Å².